The Balaban J connectivity index is 2.26. The van der Waals surface area contributed by atoms with Crippen molar-refractivity contribution in [2.45, 2.75) is 25.6 Å². The van der Waals surface area contributed by atoms with E-state index in [0.29, 0.717) is 5.56 Å². The van der Waals surface area contributed by atoms with E-state index in [9.17, 15) is 23.1 Å². The van der Waals surface area contributed by atoms with Crippen molar-refractivity contribution < 1.29 is 23.1 Å². The molecule has 2 rings (SSSR count). The van der Waals surface area contributed by atoms with Gasteiger partial charge in [0.05, 0.1) is 6.54 Å². The quantitative estimate of drug-likeness (QED) is 0.897. The Hall–Kier alpha value is -2.34. The maximum atomic E-state index is 13.4. The largest absolute Gasteiger partial charge is 0.423 e. The second kappa shape index (κ2) is 6.65. The molecule has 2 aromatic carbocycles. The van der Waals surface area contributed by atoms with Crippen LogP contribution in [0, 0.1) is 13.8 Å². The van der Waals surface area contributed by atoms with Crippen LogP contribution in [0.3, 0.4) is 0 Å². The predicted octanol–water partition coefficient (Wildman–Crippen LogP) is 3.48. The number of aryl methyl sites for hydroxylation is 2. The molecule has 1 amide bonds. The van der Waals surface area contributed by atoms with E-state index in [0.717, 1.165) is 5.56 Å². The highest BCUT2D eigenvalue weighted by Gasteiger charge is 2.55. The number of nitrogens with one attached hydrogen (secondary N) is 1. The van der Waals surface area contributed by atoms with Gasteiger partial charge in [0, 0.05) is 5.56 Å². The van der Waals surface area contributed by atoms with E-state index in [-0.39, 0.29) is 11.1 Å². The van der Waals surface area contributed by atoms with Gasteiger partial charge in [0.1, 0.15) is 0 Å². The minimum Gasteiger partial charge on any atom is -0.375 e. The zero-order valence-electron chi connectivity index (χ0n) is 13.3. The lowest BCUT2D eigenvalue weighted by Crippen LogP contribution is -2.51. The second-order valence-electron chi connectivity index (χ2n) is 5.73. The first-order valence-corrected chi connectivity index (χ1v) is 7.35. The van der Waals surface area contributed by atoms with E-state index < -0.39 is 24.2 Å². The number of hydrogen-bond acceptors (Lipinski definition) is 2. The Labute approximate surface area is 138 Å². The monoisotopic (exact) mass is 337 g/mol. The fourth-order valence-corrected chi connectivity index (χ4v) is 2.36. The molecule has 2 aromatic rings. The van der Waals surface area contributed by atoms with Crippen molar-refractivity contribution >= 4 is 5.91 Å². The van der Waals surface area contributed by atoms with Crippen LogP contribution in [0.5, 0.6) is 0 Å². The molecule has 0 aromatic heterocycles. The zero-order valence-corrected chi connectivity index (χ0v) is 13.3. The van der Waals surface area contributed by atoms with Crippen LogP contribution in [-0.4, -0.2) is 23.7 Å². The fraction of sp³-hybridized carbons (Fsp3) is 0.278. The summed E-state index contributed by atoms with van der Waals surface area (Å²) >= 11 is 0. The first-order chi connectivity index (χ1) is 11.1. The lowest BCUT2D eigenvalue weighted by Gasteiger charge is -2.31. The van der Waals surface area contributed by atoms with Gasteiger partial charge >= 0.3 is 6.18 Å². The number of hydrogen-bond donors (Lipinski definition) is 2. The van der Waals surface area contributed by atoms with E-state index in [1.54, 1.807) is 32.0 Å². The first-order valence-electron chi connectivity index (χ1n) is 7.35. The molecule has 0 saturated carbocycles. The fourth-order valence-electron chi connectivity index (χ4n) is 2.36. The van der Waals surface area contributed by atoms with Crippen LogP contribution in [0.1, 0.15) is 27.0 Å². The smallest absolute Gasteiger partial charge is 0.375 e. The number of amides is 1. The van der Waals surface area contributed by atoms with Crippen LogP contribution in [0.25, 0.3) is 0 Å². The standard InChI is InChI=1S/C18H18F3NO2/c1-12-8-9-13(2)15(10-12)16(23)22-11-17(24,18(19,20)21)14-6-4-3-5-7-14/h3-10,24H,11H2,1-2H3,(H,22,23). The number of aliphatic hydroxyl groups is 1. The second-order valence-corrected chi connectivity index (χ2v) is 5.73. The maximum absolute atomic E-state index is 13.4. The number of carbonyl (C=O) groups is 1. The summed E-state index contributed by atoms with van der Waals surface area (Å²) in [5.74, 6) is -0.658. The normalized spacial score (nSPS) is 14.1. The molecular weight excluding hydrogens is 319 g/mol. The molecule has 0 saturated heterocycles. The van der Waals surface area contributed by atoms with Crippen molar-refractivity contribution in [2.24, 2.45) is 0 Å². The average Bonchev–Trinajstić information content (AvgIpc) is 2.54. The van der Waals surface area contributed by atoms with E-state index in [1.807, 2.05) is 6.07 Å². The molecule has 24 heavy (non-hydrogen) atoms. The van der Waals surface area contributed by atoms with Gasteiger partial charge in [-0.25, -0.2) is 0 Å². The molecule has 1 atom stereocenters. The molecule has 0 bridgehead atoms. The van der Waals surface area contributed by atoms with Gasteiger partial charge in [-0.3, -0.25) is 4.79 Å². The van der Waals surface area contributed by atoms with Crippen LogP contribution < -0.4 is 5.32 Å². The van der Waals surface area contributed by atoms with Crippen molar-refractivity contribution in [1.29, 1.82) is 0 Å². The van der Waals surface area contributed by atoms with Gasteiger partial charge in [0.15, 0.2) is 0 Å². The summed E-state index contributed by atoms with van der Waals surface area (Å²) in [6.07, 6.45) is -4.93. The maximum Gasteiger partial charge on any atom is 0.423 e. The predicted molar refractivity (Wildman–Crippen MR) is 84.6 cm³/mol. The molecule has 0 heterocycles. The third kappa shape index (κ3) is 3.59. The van der Waals surface area contributed by atoms with Gasteiger partial charge < -0.3 is 10.4 Å². The molecule has 0 aliphatic rings. The minimum atomic E-state index is -4.93. The summed E-state index contributed by atoms with van der Waals surface area (Å²) in [6.45, 7) is 2.51. The number of alkyl halides is 3. The molecule has 0 spiro atoms. The summed E-state index contributed by atoms with van der Waals surface area (Å²) in [4.78, 5) is 12.2. The van der Waals surface area contributed by atoms with Crippen molar-refractivity contribution in [3.05, 3.63) is 70.8 Å². The van der Waals surface area contributed by atoms with Crippen molar-refractivity contribution in [3.63, 3.8) is 0 Å². The van der Waals surface area contributed by atoms with Crippen LogP contribution in [0.4, 0.5) is 13.2 Å². The summed E-state index contributed by atoms with van der Waals surface area (Å²) in [5.41, 5.74) is -1.72. The van der Waals surface area contributed by atoms with Gasteiger partial charge in [0.2, 0.25) is 5.60 Å². The molecule has 0 fully saturated rings. The third-order valence-electron chi connectivity index (χ3n) is 3.86. The van der Waals surface area contributed by atoms with Gasteiger partial charge in [0.25, 0.3) is 5.91 Å². The third-order valence-corrected chi connectivity index (χ3v) is 3.86. The van der Waals surface area contributed by atoms with E-state index in [4.69, 9.17) is 0 Å². The molecular formula is C18H18F3NO2. The summed E-state index contributed by atoms with van der Waals surface area (Å²) in [7, 11) is 0. The van der Waals surface area contributed by atoms with Crippen LogP contribution in [0.15, 0.2) is 48.5 Å². The average molecular weight is 337 g/mol. The highest BCUT2D eigenvalue weighted by Crippen LogP contribution is 2.38. The number of halogens is 3. The van der Waals surface area contributed by atoms with Crippen LogP contribution >= 0.6 is 0 Å². The molecule has 3 nitrogen and oxygen atoms in total. The van der Waals surface area contributed by atoms with Crippen LogP contribution in [-0.2, 0) is 5.60 Å². The highest BCUT2D eigenvalue weighted by molar-refractivity contribution is 5.95. The van der Waals surface area contributed by atoms with Crippen molar-refractivity contribution in [2.75, 3.05) is 6.54 Å². The van der Waals surface area contributed by atoms with Crippen LogP contribution in [0.2, 0.25) is 0 Å². The molecule has 128 valence electrons. The van der Waals surface area contributed by atoms with E-state index in [2.05, 4.69) is 5.32 Å². The molecule has 0 aliphatic carbocycles. The number of benzene rings is 2. The van der Waals surface area contributed by atoms with Crippen molar-refractivity contribution in [3.8, 4) is 0 Å². The molecule has 0 aliphatic heterocycles. The topological polar surface area (TPSA) is 49.3 Å². The summed E-state index contributed by atoms with van der Waals surface area (Å²) < 4.78 is 40.2. The Morgan fingerprint density at radius 3 is 2.29 bits per heavy atom. The zero-order chi connectivity index (χ0) is 18.0. The Bertz CT molecular complexity index is 729. The van der Waals surface area contributed by atoms with Crippen molar-refractivity contribution in [1.82, 2.24) is 5.32 Å². The van der Waals surface area contributed by atoms with Gasteiger partial charge in [-0.05, 0) is 31.0 Å². The number of carbonyl (C=O) groups excluding carboxylic acids is 1. The summed E-state index contributed by atoms with van der Waals surface area (Å²) in [6, 6.07) is 11.8. The number of rotatable bonds is 4. The lowest BCUT2D eigenvalue weighted by atomic mass is 9.92. The van der Waals surface area contributed by atoms with Gasteiger partial charge in [-0.1, -0.05) is 48.0 Å². The first kappa shape index (κ1) is 18.0. The minimum absolute atomic E-state index is 0.285. The molecule has 0 radical (unpaired) electrons. The van der Waals surface area contributed by atoms with E-state index >= 15 is 0 Å². The van der Waals surface area contributed by atoms with E-state index in [1.165, 1.54) is 24.3 Å². The highest BCUT2D eigenvalue weighted by atomic mass is 19.4. The SMILES string of the molecule is Cc1ccc(C)c(C(=O)NCC(O)(c2ccccc2)C(F)(F)F)c1. The molecule has 1 unspecified atom stereocenters. The van der Waals surface area contributed by atoms with Gasteiger partial charge in [-0.2, -0.15) is 13.2 Å². The Kier molecular flexibility index (Phi) is 4.99. The lowest BCUT2D eigenvalue weighted by molar-refractivity contribution is -0.263. The summed E-state index contributed by atoms with van der Waals surface area (Å²) in [5, 5.41) is 12.4. The Morgan fingerprint density at radius 2 is 1.71 bits per heavy atom. The molecule has 6 heteroatoms. The Morgan fingerprint density at radius 1 is 1.08 bits per heavy atom. The van der Waals surface area contributed by atoms with Gasteiger partial charge in [-0.15, -0.1) is 0 Å². The molecule has 2 N–H and O–H groups in total.